The van der Waals surface area contributed by atoms with Crippen LogP contribution in [0.5, 0.6) is 11.5 Å². The van der Waals surface area contributed by atoms with E-state index in [1.165, 1.54) is 0 Å². The molecule has 0 spiro atoms. The van der Waals surface area contributed by atoms with Gasteiger partial charge in [0.25, 0.3) is 0 Å². The lowest BCUT2D eigenvalue weighted by molar-refractivity contribution is 0.247. The monoisotopic (exact) mass is 321 g/mol. The van der Waals surface area contributed by atoms with Gasteiger partial charge in [-0.1, -0.05) is 36.0 Å². The van der Waals surface area contributed by atoms with Gasteiger partial charge in [0.15, 0.2) is 0 Å². The Morgan fingerprint density at radius 1 is 1.00 bits per heavy atom. The Bertz CT molecular complexity index is 601. The van der Waals surface area contributed by atoms with Crippen LogP contribution in [0.1, 0.15) is 12.0 Å². The quantitative estimate of drug-likeness (QED) is 0.622. The summed E-state index contributed by atoms with van der Waals surface area (Å²) < 4.78 is 11.3. The number of ether oxygens (including phenoxy) is 2. The number of hydrogen-bond acceptors (Lipinski definition) is 3. The van der Waals surface area contributed by atoms with Gasteiger partial charge in [-0.25, -0.2) is 0 Å². The minimum Gasteiger partial charge on any atom is -0.493 e. The number of rotatable bonds is 7. The summed E-state index contributed by atoms with van der Waals surface area (Å²) in [6.45, 7) is 1.10. The van der Waals surface area contributed by atoms with Gasteiger partial charge in [0, 0.05) is 11.4 Å². The molecule has 2 aromatic rings. The zero-order valence-corrected chi connectivity index (χ0v) is 13.0. The Morgan fingerprint density at radius 2 is 1.67 bits per heavy atom. The minimum atomic E-state index is 0.336. The molecule has 0 aliphatic carbocycles. The maximum Gasteiger partial charge on any atom is 0.129 e. The first-order valence-electron chi connectivity index (χ1n) is 6.57. The second-order valence-corrected chi connectivity index (χ2v) is 5.24. The lowest BCUT2D eigenvalue weighted by Gasteiger charge is -2.11. The van der Waals surface area contributed by atoms with E-state index in [1.54, 1.807) is 12.1 Å². The molecule has 0 amide bonds. The second kappa shape index (κ2) is 7.86. The van der Waals surface area contributed by atoms with Crippen molar-refractivity contribution < 1.29 is 9.47 Å². The van der Waals surface area contributed by atoms with Crippen LogP contribution in [0.25, 0.3) is 0 Å². The molecule has 0 unspecified atom stereocenters. The Hall–Kier alpha value is -1.78. The highest BCUT2D eigenvalue weighted by molar-refractivity contribution is 7.80. The van der Waals surface area contributed by atoms with Crippen LogP contribution >= 0.6 is 23.8 Å². The van der Waals surface area contributed by atoms with E-state index in [-0.39, 0.29) is 0 Å². The zero-order valence-electron chi connectivity index (χ0n) is 11.4. The standard InChI is InChI=1S/C16H16ClNO2S/c17-12-6-8-13(9-7-12)19-10-3-11-20-15-5-2-1-4-14(15)16(18)21/h1-2,4-9H,3,10-11H2,(H2,18,21). The molecule has 0 saturated carbocycles. The fourth-order valence-electron chi connectivity index (χ4n) is 1.76. The normalized spacial score (nSPS) is 10.1. The molecule has 2 N–H and O–H groups in total. The number of benzene rings is 2. The second-order valence-electron chi connectivity index (χ2n) is 4.36. The van der Waals surface area contributed by atoms with E-state index < -0.39 is 0 Å². The van der Waals surface area contributed by atoms with Crippen molar-refractivity contribution in [1.82, 2.24) is 0 Å². The predicted octanol–water partition coefficient (Wildman–Crippen LogP) is 3.82. The average molecular weight is 322 g/mol. The van der Waals surface area contributed by atoms with E-state index >= 15 is 0 Å². The number of thiocarbonyl (C=S) groups is 1. The van der Waals surface area contributed by atoms with Gasteiger partial charge >= 0.3 is 0 Å². The molecule has 5 heteroatoms. The van der Waals surface area contributed by atoms with Gasteiger partial charge in [0.1, 0.15) is 16.5 Å². The highest BCUT2D eigenvalue weighted by Crippen LogP contribution is 2.18. The highest BCUT2D eigenvalue weighted by Gasteiger charge is 2.04. The first-order chi connectivity index (χ1) is 10.2. The number of halogens is 1. The zero-order chi connectivity index (χ0) is 15.1. The molecule has 0 fully saturated rings. The molecule has 110 valence electrons. The first-order valence-corrected chi connectivity index (χ1v) is 7.35. The summed E-state index contributed by atoms with van der Waals surface area (Å²) in [5.41, 5.74) is 6.40. The van der Waals surface area contributed by atoms with Crippen molar-refractivity contribution >= 4 is 28.8 Å². The van der Waals surface area contributed by atoms with Gasteiger partial charge in [0.05, 0.1) is 18.8 Å². The molecule has 0 saturated heterocycles. The van der Waals surface area contributed by atoms with Gasteiger partial charge in [-0.15, -0.1) is 0 Å². The van der Waals surface area contributed by atoms with Crippen molar-refractivity contribution in [1.29, 1.82) is 0 Å². The maximum absolute atomic E-state index is 5.81. The van der Waals surface area contributed by atoms with Crippen molar-refractivity contribution in [2.75, 3.05) is 13.2 Å². The van der Waals surface area contributed by atoms with Crippen LogP contribution in [0.3, 0.4) is 0 Å². The van der Waals surface area contributed by atoms with E-state index in [0.717, 1.165) is 17.7 Å². The number of para-hydroxylation sites is 1. The fraction of sp³-hybridized carbons (Fsp3) is 0.188. The third-order valence-electron chi connectivity index (χ3n) is 2.78. The van der Waals surface area contributed by atoms with Crippen LogP contribution in [0, 0.1) is 0 Å². The summed E-state index contributed by atoms with van der Waals surface area (Å²) >= 11 is 10.8. The molecule has 3 nitrogen and oxygen atoms in total. The molecular weight excluding hydrogens is 306 g/mol. The van der Waals surface area contributed by atoms with Gasteiger partial charge in [0.2, 0.25) is 0 Å². The van der Waals surface area contributed by atoms with Crippen LogP contribution < -0.4 is 15.2 Å². The molecule has 0 bridgehead atoms. The molecule has 0 radical (unpaired) electrons. The smallest absolute Gasteiger partial charge is 0.129 e. The Morgan fingerprint density at radius 3 is 2.38 bits per heavy atom. The van der Waals surface area contributed by atoms with Crippen molar-refractivity contribution in [2.45, 2.75) is 6.42 Å². The third kappa shape index (κ3) is 4.92. The third-order valence-corrected chi connectivity index (χ3v) is 3.25. The largest absolute Gasteiger partial charge is 0.493 e. The molecule has 0 heterocycles. The van der Waals surface area contributed by atoms with Crippen molar-refractivity contribution in [3.05, 3.63) is 59.1 Å². The summed E-state index contributed by atoms with van der Waals surface area (Å²) in [5.74, 6) is 1.50. The van der Waals surface area contributed by atoms with Gasteiger partial charge in [-0.05, 0) is 36.4 Å². The van der Waals surface area contributed by atoms with E-state index in [9.17, 15) is 0 Å². The van der Waals surface area contributed by atoms with E-state index in [1.807, 2.05) is 36.4 Å². The van der Waals surface area contributed by atoms with Crippen LogP contribution in [0.15, 0.2) is 48.5 Å². The maximum atomic E-state index is 5.81. The molecular formula is C16H16ClNO2S. The highest BCUT2D eigenvalue weighted by atomic mass is 35.5. The van der Waals surface area contributed by atoms with Gasteiger partial charge in [-0.3, -0.25) is 0 Å². The Labute approximate surface area is 134 Å². The van der Waals surface area contributed by atoms with Gasteiger partial charge in [-0.2, -0.15) is 0 Å². The van der Waals surface area contributed by atoms with E-state index in [4.69, 9.17) is 39.0 Å². The van der Waals surface area contributed by atoms with Crippen LogP contribution in [0.4, 0.5) is 0 Å². The average Bonchev–Trinajstić information content (AvgIpc) is 2.49. The molecule has 0 atom stereocenters. The Kier molecular flexibility index (Phi) is 5.84. The summed E-state index contributed by atoms with van der Waals surface area (Å²) in [6, 6.07) is 14.7. The van der Waals surface area contributed by atoms with Gasteiger partial charge < -0.3 is 15.2 Å². The number of nitrogens with two attached hydrogens (primary N) is 1. The topological polar surface area (TPSA) is 44.5 Å². The molecule has 21 heavy (non-hydrogen) atoms. The van der Waals surface area contributed by atoms with Crippen LogP contribution in [0.2, 0.25) is 5.02 Å². The molecule has 0 aliphatic rings. The molecule has 2 aromatic carbocycles. The molecule has 0 aliphatic heterocycles. The fourth-order valence-corrected chi connectivity index (χ4v) is 2.05. The van der Waals surface area contributed by atoms with Crippen LogP contribution in [-0.2, 0) is 0 Å². The molecule has 2 rings (SSSR count). The summed E-state index contributed by atoms with van der Waals surface area (Å²) in [4.78, 5) is 0.336. The summed E-state index contributed by atoms with van der Waals surface area (Å²) in [5, 5.41) is 0.694. The lowest BCUT2D eigenvalue weighted by atomic mass is 10.2. The van der Waals surface area contributed by atoms with Crippen molar-refractivity contribution in [2.24, 2.45) is 5.73 Å². The van der Waals surface area contributed by atoms with E-state index in [2.05, 4.69) is 0 Å². The SMILES string of the molecule is NC(=S)c1ccccc1OCCCOc1ccc(Cl)cc1. The van der Waals surface area contributed by atoms with Crippen molar-refractivity contribution in [3.8, 4) is 11.5 Å². The first kappa shape index (κ1) is 15.6. The van der Waals surface area contributed by atoms with Crippen molar-refractivity contribution in [3.63, 3.8) is 0 Å². The lowest BCUT2D eigenvalue weighted by Crippen LogP contribution is -2.12. The Balaban J connectivity index is 1.75. The van der Waals surface area contributed by atoms with Crippen LogP contribution in [-0.4, -0.2) is 18.2 Å². The predicted molar refractivity (Wildman–Crippen MR) is 89.4 cm³/mol. The number of hydrogen-bond donors (Lipinski definition) is 1. The van der Waals surface area contributed by atoms with E-state index in [0.29, 0.717) is 29.0 Å². The summed E-state index contributed by atoms with van der Waals surface area (Å²) in [7, 11) is 0. The summed E-state index contributed by atoms with van der Waals surface area (Å²) in [6.07, 6.45) is 0.758. The minimum absolute atomic E-state index is 0.336. The molecule has 0 aromatic heterocycles.